The number of nitrogens with two attached hydrogens (primary N) is 1. The molecule has 0 saturated carbocycles. The maximum absolute atomic E-state index is 8.39. The molecule has 0 radical (unpaired) electrons. The molecule has 0 saturated heterocycles. The summed E-state index contributed by atoms with van der Waals surface area (Å²) in [4.78, 5) is 0. The van der Waals surface area contributed by atoms with Crippen molar-refractivity contribution >= 4 is 23.5 Å². The Morgan fingerprint density at radius 1 is 1.77 bits per heavy atom. The number of hydrogen-bond donors (Lipinski definition) is 2. The molecule has 0 spiro atoms. The zero-order valence-corrected chi connectivity index (χ0v) is 8.69. The van der Waals surface area contributed by atoms with Crippen LogP contribution in [-0.2, 0) is 0 Å². The third kappa shape index (κ3) is 7.22. The number of nitrogens with zero attached hydrogens (tertiary/aromatic N) is 2. The highest BCUT2D eigenvalue weighted by Crippen LogP contribution is 2.18. The average molecular weight is 198 g/mol. The Morgan fingerprint density at radius 2 is 2.38 bits per heavy atom. The minimum atomic E-state index is -0.104. The molecular weight excluding hydrogens is 184 g/mol. The van der Waals surface area contributed by atoms with Gasteiger partial charge in [-0.05, 0) is 18.6 Å². The van der Waals surface area contributed by atoms with Gasteiger partial charge in [0.1, 0.15) is 0 Å². The number of nitrogens with one attached hydrogen (secondary N) is 1. The van der Waals surface area contributed by atoms with Gasteiger partial charge in [0, 0.05) is 18.1 Å². The number of nitriles is 1. The van der Waals surface area contributed by atoms with Gasteiger partial charge in [-0.1, -0.05) is 13.8 Å². The van der Waals surface area contributed by atoms with Gasteiger partial charge in [-0.2, -0.15) is 10.4 Å². The third-order valence-corrected chi connectivity index (χ3v) is 1.56. The van der Waals surface area contributed by atoms with E-state index in [-0.39, 0.29) is 10.5 Å². The fraction of sp³-hybridized carbons (Fsp3) is 0.625. The van der Waals surface area contributed by atoms with Crippen LogP contribution in [0.4, 0.5) is 0 Å². The minimum absolute atomic E-state index is 0.104. The van der Waals surface area contributed by atoms with Gasteiger partial charge in [-0.15, -0.1) is 0 Å². The molecule has 0 aromatic rings. The van der Waals surface area contributed by atoms with Gasteiger partial charge in [0.25, 0.3) is 0 Å². The zero-order valence-electron chi connectivity index (χ0n) is 7.87. The normalized spacial score (nSPS) is 11.2. The third-order valence-electron chi connectivity index (χ3n) is 1.47. The van der Waals surface area contributed by atoms with Gasteiger partial charge in [0.05, 0.1) is 6.07 Å². The van der Waals surface area contributed by atoms with Gasteiger partial charge in [0.15, 0.2) is 5.11 Å². The summed E-state index contributed by atoms with van der Waals surface area (Å²) in [5.74, 6) is 0. The van der Waals surface area contributed by atoms with Gasteiger partial charge >= 0.3 is 0 Å². The molecular formula is C8H14N4S. The fourth-order valence-corrected chi connectivity index (χ4v) is 0.766. The van der Waals surface area contributed by atoms with Crippen LogP contribution in [0.15, 0.2) is 5.10 Å². The summed E-state index contributed by atoms with van der Waals surface area (Å²) in [7, 11) is 0. The van der Waals surface area contributed by atoms with Crippen molar-refractivity contribution in [3.8, 4) is 6.07 Å². The summed E-state index contributed by atoms with van der Waals surface area (Å²) >= 11 is 4.57. The first-order valence-corrected chi connectivity index (χ1v) is 4.35. The van der Waals surface area contributed by atoms with E-state index in [1.807, 2.05) is 13.8 Å². The predicted molar refractivity (Wildman–Crippen MR) is 57.0 cm³/mol. The van der Waals surface area contributed by atoms with Gasteiger partial charge in [0.2, 0.25) is 0 Å². The lowest BCUT2D eigenvalue weighted by Gasteiger charge is -2.16. The van der Waals surface area contributed by atoms with E-state index in [4.69, 9.17) is 11.0 Å². The van der Waals surface area contributed by atoms with Gasteiger partial charge < -0.3 is 5.73 Å². The van der Waals surface area contributed by atoms with Crippen molar-refractivity contribution in [1.29, 1.82) is 5.26 Å². The van der Waals surface area contributed by atoms with Gasteiger partial charge in [-0.3, -0.25) is 5.43 Å². The smallest absolute Gasteiger partial charge is 0.184 e. The Kier molecular flexibility index (Phi) is 5.00. The maximum atomic E-state index is 8.39. The van der Waals surface area contributed by atoms with E-state index >= 15 is 0 Å². The number of hydrazone groups is 1. The molecule has 0 fully saturated rings. The highest BCUT2D eigenvalue weighted by molar-refractivity contribution is 7.80. The Bertz CT molecular complexity index is 239. The van der Waals surface area contributed by atoms with E-state index in [0.717, 1.165) is 6.42 Å². The van der Waals surface area contributed by atoms with E-state index in [9.17, 15) is 0 Å². The van der Waals surface area contributed by atoms with Crippen molar-refractivity contribution in [2.45, 2.75) is 26.7 Å². The highest BCUT2D eigenvalue weighted by Gasteiger charge is 2.13. The molecule has 13 heavy (non-hydrogen) atoms. The van der Waals surface area contributed by atoms with E-state index in [0.29, 0.717) is 6.42 Å². The van der Waals surface area contributed by atoms with Crippen LogP contribution < -0.4 is 11.2 Å². The topological polar surface area (TPSA) is 74.2 Å². The maximum Gasteiger partial charge on any atom is 0.184 e. The molecule has 0 bridgehead atoms. The second kappa shape index (κ2) is 5.49. The van der Waals surface area contributed by atoms with Crippen LogP contribution in [0.2, 0.25) is 0 Å². The van der Waals surface area contributed by atoms with E-state index in [2.05, 4.69) is 28.8 Å². The summed E-state index contributed by atoms with van der Waals surface area (Å²) in [6.07, 6.45) is 3.00. The van der Waals surface area contributed by atoms with Crippen molar-refractivity contribution in [2.75, 3.05) is 0 Å². The molecule has 0 heterocycles. The van der Waals surface area contributed by atoms with Crippen LogP contribution in [-0.4, -0.2) is 11.3 Å². The molecule has 0 aliphatic rings. The van der Waals surface area contributed by atoms with E-state index < -0.39 is 0 Å². The van der Waals surface area contributed by atoms with Crippen LogP contribution in [0, 0.1) is 16.7 Å². The lowest BCUT2D eigenvalue weighted by Crippen LogP contribution is -2.25. The Hall–Kier alpha value is -1.15. The average Bonchev–Trinajstić information content (AvgIpc) is 2.00. The predicted octanol–water partition coefficient (Wildman–Crippen LogP) is 1.14. The van der Waals surface area contributed by atoms with E-state index in [1.54, 1.807) is 6.21 Å². The van der Waals surface area contributed by atoms with Crippen LogP contribution in [0.1, 0.15) is 26.7 Å². The van der Waals surface area contributed by atoms with Crippen molar-refractivity contribution in [1.82, 2.24) is 5.43 Å². The van der Waals surface area contributed by atoms with Crippen molar-refractivity contribution < 1.29 is 0 Å². The minimum Gasteiger partial charge on any atom is -0.375 e. The number of thiocarbonyl (C=S) groups is 1. The SMILES string of the molecule is CC(C)(C=NNC(N)=S)CCC#N. The number of rotatable bonds is 4. The molecule has 3 N–H and O–H groups in total. The summed E-state index contributed by atoms with van der Waals surface area (Å²) in [6, 6.07) is 2.09. The second-order valence-electron chi connectivity index (χ2n) is 3.38. The molecule has 72 valence electrons. The molecule has 0 rings (SSSR count). The summed E-state index contributed by atoms with van der Waals surface area (Å²) in [5, 5.41) is 12.4. The Labute approximate surface area is 83.8 Å². The first-order valence-electron chi connectivity index (χ1n) is 3.94. The van der Waals surface area contributed by atoms with Crippen LogP contribution in [0.5, 0.6) is 0 Å². The van der Waals surface area contributed by atoms with Crippen molar-refractivity contribution in [3.05, 3.63) is 0 Å². The van der Waals surface area contributed by atoms with Crippen LogP contribution in [0.25, 0.3) is 0 Å². The molecule has 0 amide bonds. The largest absolute Gasteiger partial charge is 0.375 e. The quantitative estimate of drug-likeness (QED) is 0.403. The van der Waals surface area contributed by atoms with Crippen LogP contribution >= 0.6 is 12.2 Å². The van der Waals surface area contributed by atoms with E-state index in [1.165, 1.54) is 0 Å². The molecule has 0 atom stereocenters. The second-order valence-corrected chi connectivity index (χ2v) is 3.82. The molecule has 0 aliphatic heterocycles. The Balaban J connectivity index is 3.94. The van der Waals surface area contributed by atoms with Gasteiger partial charge in [-0.25, -0.2) is 0 Å². The lowest BCUT2D eigenvalue weighted by molar-refractivity contribution is 0.493. The number of hydrogen-bond acceptors (Lipinski definition) is 3. The molecule has 0 aliphatic carbocycles. The standard InChI is InChI=1S/C8H14N4S/c1-8(2,4-3-5-9)6-11-12-7(10)13/h6H,3-4H2,1-2H3,(H3,10,12,13). The highest BCUT2D eigenvalue weighted by atomic mass is 32.1. The molecule has 5 heteroatoms. The molecule has 0 aromatic heterocycles. The first-order chi connectivity index (χ1) is 5.98. The molecule has 0 aromatic carbocycles. The summed E-state index contributed by atoms with van der Waals surface area (Å²) < 4.78 is 0. The van der Waals surface area contributed by atoms with Crippen molar-refractivity contribution in [2.24, 2.45) is 16.3 Å². The molecule has 4 nitrogen and oxygen atoms in total. The summed E-state index contributed by atoms with van der Waals surface area (Å²) in [5.41, 5.74) is 7.55. The Morgan fingerprint density at radius 3 is 2.85 bits per heavy atom. The first kappa shape index (κ1) is 11.8. The monoisotopic (exact) mass is 198 g/mol. The van der Waals surface area contributed by atoms with Crippen molar-refractivity contribution in [3.63, 3.8) is 0 Å². The molecule has 0 unspecified atom stereocenters. The van der Waals surface area contributed by atoms with Crippen LogP contribution in [0.3, 0.4) is 0 Å². The summed E-state index contributed by atoms with van der Waals surface area (Å²) in [6.45, 7) is 3.99. The fourth-order valence-electron chi connectivity index (χ4n) is 0.713. The zero-order chi connectivity index (χ0) is 10.3. The lowest BCUT2D eigenvalue weighted by atomic mass is 9.90.